The Morgan fingerprint density at radius 1 is 0.269 bits per heavy atom. The van der Waals surface area contributed by atoms with E-state index in [9.17, 15) is 0 Å². The van der Waals surface area contributed by atoms with Crippen molar-refractivity contribution in [3.05, 3.63) is 243 Å². The third-order valence-corrected chi connectivity index (χ3v) is 13.1. The van der Waals surface area contributed by atoms with Gasteiger partial charge in [-0.15, -0.1) is 10.2 Å². The van der Waals surface area contributed by atoms with Gasteiger partial charge in [0.1, 0.15) is 0 Å². The normalized spacial score (nSPS) is 11.6. The predicted octanol–water partition coefficient (Wildman–Crippen LogP) is 16.3. The Labute approximate surface area is 387 Å². The highest BCUT2D eigenvalue weighted by Gasteiger charge is 2.22. The van der Waals surface area contributed by atoms with Crippen molar-refractivity contribution in [2.45, 2.75) is 0 Å². The molecule has 13 rings (SSSR count). The van der Waals surface area contributed by atoms with Gasteiger partial charge in [0.2, 0.25) is 11.8 Å². The van der Waals surface area contributed by atoms with Crippen LogP contribution in [0.25, 0.3) is 122 Å². The molecule has 0 aliphatic heterocycles. The van der Waals surface area contributed by atoms with E-state index in [1.54, 1.807) is 0 Å². The second kappa shape index (κ2) is 15.9. The van der Waals surface area contributed by atoms with E-state index in [1.807, 2.05) is 0 Å². The third kappa shape index (κ3) is 6.64. The molecule has 0 spiro atoms. The molecule has 0 bridgehead atoms. The smallest absolute Gasteiger partial charge is 0.250 e. The Balaban J connectivity index is 0.962. The first-order chi connectivity index (χ1) is 33.2. The van der Waals surface area contributed by atoms with Gasteiger partial charge in [-0.2, -0.15) is 0 Å². The van der Waals surface area contributed by atoms with E-state index >= 15 is 0 Å². The van der Waals surface area contributed by atoms with Crippen LogP contribution in [0, 0.1) is 0 Å². The Bertz CT molecular complexity index is 3850. The maximum Gasteiger partial charge on any atom is 0.250 e. The first kappa shape index (κ1) is 38.4. The van der Waals surface area contributed by atoms with Crippen LogP contribution in [0.2, 0.25) is 0 Å². The van der Waals surface area contributed by atoms with Crippen molar-refractivity contribution in [2.24, 2.45) is 0 Å². The third-order valence-electron chi connectivity index (χ3n) is 13.1. The number of aromatic nitrogens is 4. The summed E-state index contributed by atoms with van der Waals surface area (Å²) in [5, 5.41) is 14.0. The quantitative estimate of drug-likeness (QED) is 0.153. The van der Waals surface area contributed by atoms with Crippen molar-refractivity contribution in [3.8, 4) is 78.8 Å². The molecule has 0 fully saturated rings. The second-order valence-corrected chi connectivity index (χ2v) is 17.1. The molecular weight excluding hydrogens is 817 g/mol. The zero-order chi connectivity index (χ0) is 44.3. The van der Waals surface area contributed by atoms with E-state index in [4.69, 9.17) is 14.6 Å². The fraction of sp³-hybridized carbons (Fsp3) is 0. The zero-order valence-electron chi connectivity index (χ0n) is 36.3. The van der Waals surface area contributed by atoms with Crippen LogP contribution in [-0.2, 0) is 0 Å². The lowest BCUT2D eigenvalue weighted by atomic mass is 9.98. The highest BCUT2D eigenvalue weighted by Crippen LogP contribution is 2.42. The Hall–Kier alpha value is -9.06. The molecule has 5 heteroatoms. The maximum atomic E-state index is 6.78. The number of fused-ring (bicyclic) bond motifs is 6. The van der Waals surface area contributed by atoms with Crippen molar-refractivity contribution in [1.29, 1.82) is 0 Å². The van der Waals surface area contributed by atoms with Crippen LogP contribution in [-0.4, -0.2) is 19.3 Å². The molecule has 0 aliphatic rings. The Kier molecular flexibility index (Phi) is 9.10. The minimum atomic E-state index is 0.459. The van der Waals surface area contributed by atoms with Crippen LogP contribution in [0.3, 0.4) is 0 Å². The molecule has 3 aromatic heterocycles. The molecule has 0 atom stereocenters. The number of hydrogen-bond acceptors (Lipinski definition) is 3. The SMILES string of the molecule is c1ccc(-c2cc(-c3ccccc3)cc(-n3c4ccccc4c4cc(-c5nnc(-c6cccc7c8ccccc8n(-c8cc(-c9ccccc9)cc(-c9ccccc9)c8)c67)o5)ccc43)c2)cc1. The van der Waals surface area contributed by atoms with Crippen LogP contribution in [0.4, 0.5) is 0 Å². The molecule has 13 aromatic rings. The van der Waals surface area contributed by atoms with Crippen LogP contribution in [0.15, 0.2) is 247 Å². The highest BCUT2D eigenvalue weighted by molar-refractivity contribution is 6.14. The van der Waals surface area contributed by atoms with Gasteiger partial charge in [-0.05, 0) is 117 Å². The molecule has 0 unspecified atom stereocenters. The molecule has 314 valence electrons. The molecule has 0 saturated carbocycles. The molecular formula is C62H40N4O. The lowest BCUT2D eigenvalue weighted by Gasteiger charge is -2.15. The molecule has 5 nitrogen and oxygen atoms in total. The van der Waals surface area contributed by atoms with Crippen molar-refractivity contribution < 1.29 is 4.42 Å². The summed E-state index contributed by atoms with van der Waals surface area (Å²) in [5.41, 5.74) is 17.4. The fourth-order valence-corrected chi connectivity index (χ4v) is 9.96. The van der Waals surface area contributed by atoms with Crippen LogP contribution < -0.4 is 0 Å². The van der Waals surface area contributed by atoms with E-state index in [-0.39, 0.29) is 0 Å². The average Bonchev–Trinajstić information content (AvgIpc) is 4.13. The van der Waals surface area contributed by atoms with Gasteiger partial charge >= 0.3 is 0 Å². The lowest BCUT2D eigenvalue weighted by molar-refractivity contribution is 0.585. The number of benzene rings is 10. The molecule has 10 aromatic carbocycles. The average molecular weight is 857 g/mol. The van der Waals surface area contributed by atoms with Gasteiger partial charge in [0, 0.05) is 38.5 Å². The highest BCUT2D eigenvalue weighted by atomic mass is 16.4. The van der Waals surface area contributed by atoms with Gasteiger partial charge in [0.05, 0.1) is 27.6 Å². The predicted molar refractivity (Wildman–Crippen MR) is 276 cm³/mol. The van der Waals surface area contributed by atoms with Gasteiger partial charge in [0.15, 0.2) is 0 Å². The van der Waals surface area contributed by atoms with Crippen LogP contribution in [0.5, 0.6) is 0 Å². The Morgan fingerprint density at radius 2 is 0.687 bits per heavy atom. The lowest BCUT2D eigenvalue weighted by Crippen LogP contribution is -1.97. The van der Waals surface area contributed by atoms with Gasteiger partial charge < -0.3 is 13.6 Å². The molecule has 3 heterocycles. The Morgan fingerprint density at radius 3 is 1.22 bits per heavy atom. The fourth-order valence-electron chi connectivity index (χ4n) is 9.96. The van der Waals surface area contributed by atoms with E-state index < -0.39 is 0 Å². The minimum absolute atomic E-state index is 0.459. The topological polar surface area (TPSA) is 48.8 Å². The molecule has 0 saturated heterocycles. The van der Waals surface area contributed by atoms with Crippen LogP contribution >= 0.6 is 0 Å². The largest absolute Gasteiger partial charge is 0.416 e. The van der Waals surface area contributed by atoms with Gasteiger partial charge in [0.25, 0.3) is 0 Å². The van der Waals surface area contributed by atoms with E-state index in [0.717, 1.165) is 99.5 Å². The van der Waals surface area contributed by atoms with Crippen molar-refractivity contribution in [1.82, 2.24) is 19.3 Å². The van der Waals surface area contributed by atoms with Gasteiger partial charge in [-0.1, -0.05) is 170 Å². The summed E-state index contributed by atoms with van der Waals surface area (Å²) in [7, 11) is 0. The monoisotopic (exact) mass is 856 g/mol. The second-order valence-electron chi connectivity index (χ2n) is 17.1. The van der Waals surface area contributed by atoms with Crippen molar-refractivity contribution in [3.63, 3.8) is 0 Å². The summed E-state index contributed by atoms with van der Waals surface area (Å²) in [6, 6.07) is 86.3. The summed E-state index contributed by atoms with van der Waals surface area (Å²) in [4.78, 5) is 0. The van der Waals surface area contributed by atoms with E-state index in [0.29, 0.717) is 11.8 Å². The molecule has 67 heavy (non-hydrogen) atoms. The molecule has 0 radical (unpaired) electrons. The number of para-hydroxylation sites is 3. The zero-order valence-corrected chi connectivity index (χ0v) is 36.3. The first-order valence-corrected chi connectivity index (χ1v) is 22.6. The number of nitrogens with zero attached hydrogens (tertiary/aromatic N) is 4. The summed E-state index contributed by atoms with van der Waals surface area (Å²) >= 11 is 0. The maximum absolute atomic E-state index is 6.78. The standard InChI is InChI=1S/C62H40N4O/c1-5-18-41(19-6-1)46-34-47(42-20-7-2-8-21-42)37-50(36-46)65-57-30-15-14-27-53(57)56-40-45(32-33-59(56)65)61-63-64-62(67-61)55-29-17-28-54-52-26-13-16-31-58(52)66(60(54)55)51-38-48(43-22-9-3-10-23-43)35-49(39-51)44-24-11-4-12-25-44/h1-40H. The van der Waals surface area contributed by atoms with E-state index in [2.05, 4.69) is 252 Å². The van der Waals surface area contributed by atoms with Crippen molar-refractivity contribution >= 4 is 43.6 Å². The minimum Gasteiger partial charge on any atom is -0.416 e. The summed E-state index contributed by atoms with van der Waals surface area (Å²) in [6.07, 6.45) is 0. The van der Waals surface area contributed by atoms with E-state index in [1.165, 1.54) is 11.1 Å². The summed E-state index contributed by atoms with van der Waals surface area (Å²) in [5.74, 6) is 0.920. The van der Waals surface area contributed by atoms with Crippen LogP contribution in [0.1, 0.15) is 0 Å². The van der Waals surface area contributed by atoms with Gasteiger partial charge in [-0.25, -0.2) is 0 Å². The summed E-state index contributed by atoms with van der Waals surface area (Å²) in [6.45, 7) is 0. The van der Waals surface area contributed by atoms with Crippen molar-refractivity contribution in [2.75, 3.05) is 0 Å². The first-order valence-electron chi connectivity index (χ1n) is 22.6. The van der Waals surface area contributed by atoms with Gasteiger partial charge in [-0.3, -0.25) is 0 Å². The number of hydrogen-bond donors (Lipinski definition) is 0. The molecule has 0 amide bonds. The molecule has 0 aliphatic carbocycles. The molecule has 0 N–H and O–H groups in total. The number of rotatable bonds is 8. The summed E-state index contributed by atoms with van der Waals surface area (Å²) < 4.78 is 11.5.